The summed E-state index contributed by atoms with van der Waals surface area (Å²) in [7, 11) is 0. The van der Waals surface area contributed by atoms with Gasteiger partial charge in [-0.3, -0.25) is 10.3 Å². The Bertz CT molecular complexity index is 1200. The van der Waals surface area contributed by atoms with Crippen molar-refractivity contribution in [2.75, 3.05) is 5.32 Å². The zero-order valence-electron chi connectivity index (χ0n) is 15.6. The highest BCUT2D eigenvalue weighted by Crippen LogP contribution is 2.30. The second kappa shape index (κ2) is 8.47. The summed E-state index contributed by atoms with van der Waals surface area (Å²) in [5, 5.41) is 4.44. The zero-order valence-corrected chi connectivity index (χ0v) is 17.1. The summed E-state index contributed by atoms with van der Waals surface area (Å²) in [6, 6.07) is 22.2. The molecule has 1 amide bonds. The predicted molar refractivity (Wildman–Crippen MR) is 121 cm³/mol. The van der Waals surface area contributed by atoms with Crippen LogP contribution in [-0.4, -0.2) is 12.3 Å². The number of hydrogen-bond donors (Lipinski definition) is 1. The minimum absolute atomic E-state index is 0.432. The number of aliphatic imine (C=N–C) groups is 1. The van der Waals surface area contributed by atoms with Gasteiger partial charge in [-0.1, -0.05) is 35.9 Å². The van der Waals surface area contributed by atoms with Crippen molar-refractivity contribution in [3.63, 3.8) is 0 Å². The second-order valence-corrected chi connectivity index (χ2v) is 7.88. The van der Waals surface area contributed by atoms with Crippen molar-refractivity contribution in [3.05, 3.63) is 88.3 Å². The summed E-state index contributed by atoms with van der Waals surface area (Å²) >= 11 is 7.63. The number of fused-ring (bicyclic) bond motifs is 1. The Morgan fingerprint density at radius 2 is 1.86 bits per heavy atom. The molecule has 0 radical (unpaired) electrons. The molecule has 0 aliphatic carbocycles. The smallest absolute Gasteiger partial charge is 0.410 e. The summed E-state index contributed by atoms with van der Waals surface area (Å²) in [5.74, 6) is 0.432. The van der Waals surface area contributed by atoms with Crippen molar-refractivity contribution in [1.29, 1.82) is 0 Å². The highest BCUT2D eigenvalue weighted by atomic mass is 35.5. The maximum atomic E-state index is 12.0. The maximum absolute atomic E-state index is 12.0. The van der Waals surface area contributed by atoms with Crippen molar-refractivity contribution in [2.24, 2.45) is 4.99 Å². The summed E-state index contributed by atoms with van der Waals surface area (Å²) in [4.78, 5) is 17.7. The number of rotatable bonds is 4. The van der Waals surface area contributed by atoms with Crippen LogP contribution in [0.25, 0.3) is 10.1 Å². The summed E-state index contributed by atoms with van der Waals surface area (Å²) in [6.07, 6.45) is 1.30. The van der Waals surface area contributed by atoms with Gasteiger partial charge >= 0.3 is 6.09 Å². The normalized spacial score (nSPS) is 11.1. The van der Waals surface area contributed by atoms with Gasteiger partial charge < -0.3 is 4.74 Å². The summed E-state index contributed by atoms with van der Waals surface area (Å²) in [6.45, 7) is 2.11. The molecule has 0 bridgehead atoms. The minimum atomic E-state index is -0.579. The molecule has 29 heavy (non-hydrogen) atoms. The van der Waals surface area contributed by atoms with E-state index in [1.54, 1.807) is 59.9 Å². The Morgan fingerprint density at radius 1 is 1.07 bits per heavy atom. The Balaban J connectivity index is 1.41. The van der Waals surface area contributed by atoms with E-state index in [2.05, 4.69) is 29.4 Å². The lowest BCUT2D eigenvalue weighted by atomic mass is 10.1. The number of carbonyl (C=O) groups excluding carboxylic acids is 1. The number of ether oxygens (including phenoxy) is 1. The van der Waals surface area contributed by atoms with Gasteiger partial charge in [0.05, 0.1) is 5.69 Å². The summed E-state index contributed by atoms with van der Waals surface area (Å²) in [5.41, 5.74) is 2.58. The molecule has 0 spiro atoms. The van der Waals surface area contributed by atoms with Crippen LogP contribution in [-0.2, 0) is 0 Å². The van der Waals surface area contributed by atoms with Crippen molar-refractivity contribution in [1.82, 2.24) is 0 Å². The van der Waals surface area contributed by atoms with E-state index in [9.17, 15) is 4.79 Å². The standard InChI is InChI=1S/C23H17ClN2O2S/c1-15-20-7-2-3-8-21(20)29-22(15)14-25-17-9-11-19(12-10-17)28-23(27)26-18-6-4-5-16(24)13-18/h2-14H,1H3,(H,26,27). The molecule has 1 N–H and O–H groups in total. The van der Waals surface area contributed by atoms with Crippen LogP contribution in [0.2, 0.25) is 5.02 Å². The van der Waals surface area contributed by atoms with Gasteiger partial charge in [-0.05, 0) is 66.4 Å². The monoisotopic (exact) mass is 420 g/mol. The largest absolute Gasteiger partial charge is 0.417 e. The van der Waals surface area contributed by atoms with Gasteiger partial charge in [-0.2, -0.15) is 0 Å². The lowest BCUT2D eigenvalue weighted by Gasteiger charge is -2.07. The molecule has 4 nitrogen and oxygen atoms in total. The minimum Gasteiger partial charge on any atom is -0.410 e. The third kappa shape index (κ3) is 4.65. The van der Waals surface area contributed by atoms with Crippen LogP contribution < -0.4 is 10.1 Å². The molecule has 0 aliphatic rings. The van der Waals surface area contributed by atoms with E-state index >= 15 is 0 Å². The maximum Gasteiger partial charge on any atom is 0.417 e. The SMILES string of the molecule is Cc1c(C=Nc2ccc(OC(=O)Nc3cccc(Cl)c3)cc2)sc2ccccc12. The van der Waals surface area contributed by atoms with Gasteiger partial charge in [0, 0.05) is 26.5 Å². The molecular weight excluding hydrogens is 404 g/mol. The lowest BCUT2D eigenvalue weighted by Crippen LogP contribution is -2.16. The highest BCUT2D eigenvalue weighted by Gasteiger charge is 2.07. The fraction of sp³-hybridized carbons (Fsp3) is 0.0435. The number of carbonyl (C=O) groups is 1. The van der Waals surface area contributed by atoms with Crippen molar-refractivity contribution >= 4 is 56.7 Å². The average Bonchev–Trinajstić information content (AvgIpc) is 3.03. The van der Waals surface area contributed by atoms with Gasteiger partial charge in [0.25, 0.3) is 0 Å². The van der Waals surface area contributed by atoms with E-state index < -0.39 is 6.09 Å². The van der Waals surface area contributed by atoms with Crippen LogP contribution in [0.3, 0.4) is 0 Å². The molecular formula is C23H17ClN2O2S. The number of nitrogens with zero attached hydrogens (tertiary/aromatic N) is 1. The molecule has 1 aromatic heterocycles. The van der Waals surface area contributed by atoms with Crippen LogP contribution >= 0.6 is 22.9 Å². The first-order valence-corrected chi connectivity index (χ1v) is 10.1. The number of benzene rings is 3. The molecule has 144 valence electrons. The van der Waals surface area contributed by atoms with Crippen molar-refractivity contribution in [2.45, 2.75) is 6.92 Å². The molecule has 0 unspecified atom stereocenters. The fourth-order valence-electron chi connectivity index (χ4n) is 2.87. The first-order chi connectivity index (χ1) is 14.1. The molecule has 4 aromatic rings. The van der Waals surface area contributed by atoms with Gasteiger partial charge in [-0.25, -0.2) is 4.79 Å². The molecule has 0 fully saturated rings. The molecule has 6 heteroatoms. The van der Waals surface area contributed by atoms with E-state index in [1.807, 2.05) is 18.3 Å². The van der Waals surface area contributed by atoms with E-state index in [1.165, 1.54) is 15.6 Å². The first kappa shape index (κ1) is 19.2. The molecule has 0 saturated carbocycles. The fourth-order valence-corrected chi connectivity index (χ4v) is 4.14. The van der Waals surface area contributed by atoms with Crippen LogP contribution in [0.1, 0.15) is 10.4 Å². The number of nitrogens with one attached hydrogen (secondary N) is 1. The Kier molecular flexibility index (Phi) is 5.60. The average molecular weight is 421 g/mol. The van der Waals surface area contributed by atoms with Gasteiger partial charge in [0.15, 0.2) is 0 Å². The van der Waals surface area contributed by atoms with Crippen LogP contribution in [0.5, 0.6) is 5.75 Å². The molecule has 0 aliphatic heterocycles. The van der Waals surface area contributed by atoms with E-state index in [0.717, 1.165) is 10.6 Å². The van der Waals surface area contributed by atoms with Gasteiger partial charge in [0.2, 0.25) is 0 Å². The zero-order chi connectivity index (χ0) is 20.2. The number of anilines is 1. The van der Waals surface area contributed by atoms with Crippen molar-refractivity contribution < 1.29 is 9.53 Å². The molecule has 3 aromatic carbocycles. The van der Waals surface area contributed by atoms with E-state index in [-0.39, 0.29) is 0 Å². The van der Waals surface area contributed by atoms with E-state index in [4.69, 9.17) is 16.3 Å². The predicted octanol–water partition coefficient (Wildman–Crippen LogP) is 7.22. The quantitative estimate of drug-likeness (QED) is 0.354. The lowest BCUT2D eigenvalue weighted by molar-refractivity contribution is 0.215. The summed E-state index contributed by atoms with van der Waals surface area (Å²) < 4.78 is 6.54. The molecule has 4 rings (SSSR count). The number of aryl methyl sites for hydroxylation is 1. The van der Waals surface area contributed by atoms with Crippen LogP contribution in [0.15, 0.2) is 77.8 Å². The Hall–Kier alpha value is -3.15. The Morgan fingerprint density at radius 3 is 2.62 bits per heavy atom. The number of thiophene rings is 1. The first-order valence-electron chi connectivity index (χ1n) is 8.95. The topological polar surface area (TPSA) is 50.7 Å². The van der Waals surface area contributed by atoms with Crippen LogP contribution in [0, 0.1) is 6.92 Å². The van der Waals surface area contributed by atoms with Crippen molar-refractivity contribution in [3.8, 4) is 5.75 Å². The molecule has 0 saturated heterocycles. The molecule has 1 heterocycles. The molecule has 0 atom stereocenters. The number of hydrogen-bond acceptors (Lipinski definition) is 4. The van der Waals surface area contributed by atoms with Gasteiger partial charge in [0.1, 0.15) is 5.75 Å². The number of amides is 1. The van der Waals surface area contributed by atoms with E-state index in [0.29, 0.717) is 16.5 Å². The second-order valence-electron chi connectivity index (χ2n) is 6.36. The Labute approximate surface area is 177 Å². The third-order valence-corrected chi connectivity index (χ3v) is 5.77. The van der Waals surface area contributed by atoms with Crippen LogP contribution in [0.4, 0.5) is 16.2 Å². The highest BCUT2D eigenvalue weighted by molar-refractivity contribution is 7.20. The number of halogens is 1. The van der Waals surface area contributed by atoms with Gasteiger partial charge in [-0.15, -0.1) is 11.3 Å². The third-order valence-electron chi connectivity index (χ3n) is 4.33.